The van der Waals surface area contributed by atoms with Crippen LogP contribution in [0.3, 0.4) is 0 Å². The molecule has 0 radical (unpaired) electrons. The summed E-state index contributed by atoms with van der Waals surface area (Å²) in [5.74, 6) is 0. The molecule has 8 heavy (non-hydrogen) atoms. The van der Waals surface area contributed by atoms with E-state index >= 15 is 0 Å². The van der Waals surface area contributed by atoms with Gasteiger partial charge in [-0.15, -0.1) is 0 Å². The highest BCUT2D eigenvalue weighted by Crippen LogP contribution is 2.14. The molecular formula is C5H7FO2. The molecular weight excluding hydrogens is 111 g/mol. The van der Waals surface area contributed by atoms with Crippen molar-refractivity contribution in [3.8, 4) is 0 Å². The monoisotopic (exact) mass is 118 g/mol. The fraction of sp³-hybridized carbons (Fsp3) is 0.800. The summed E-state index contributed by atoms with van der Waals surface area (Å²) < 4.78 is 16.9. The number of aldehydes is 1. The minimum absolute atomic E-state index is 0.364. The van der Waals surface area contributed by atoms with Crippen LogP contribution in [-0.2, 0) is 9.53 Å². The van der Waals surface area contributed by atoms with Gasteiger partial charge in [0.15, 0.2) is 6.29 Å². The molecule has 1 heterocycles. The van der Waals surface area contributed by atoms with E-state index in [1.807, 2.05) is 0 Å². The van der Waals surface area contributed by atoms with E-state index in [2.05, 4.69) is 4.74 Å². The second-order valence-corrected chi connectivity index (χ2v) is 1.78. The topological polar surface area (TPSA) is 26.3 Å². The third kappa shape index (κ3) is 0.865. The van der Waals surface area contributed by atoms with Gasteiger partial charge in [0.2, 0.25) is 0 Å². The summed E-state index contributed by atoms with van der Waals surface area (Å²) in [5.41, 5.74) is 0. The molecule has 46 valence electrons. The van der Waals surface area contributed by atoms with E-state index in [4.69, 9.17) is 0 Å². The van der Waals surface area contributed by atoms with Crippen molar-refractivity contribution in [3.05, 3.63) is 0 Å². The van der Waals surface area contributed by atoms with E-state index in [9.17, 15) is 9.18 Å². The molecule has 1 rings (SSSR count). The van der Waals surface area contributed by atoms with Crippen LogP contribution in [0, 0.1) is 0 Å². The Bertz CT molecular complexity index is 94.4. The Hall–Kier alpha value is -0.440. The molecule has 0 N–H and O–H groups in total. The lowest BCUT2D eigenvalue weighted by Gasteiger charge is -1.99. The summed E-state index contributed by atoms with van der Waals surface area (Å²) >= 11 is 0. The highest BCUT2D eigenvalue weighted by atomic mass is 19.1. The molecule has 1 fully saturated rings. The predicted molar refractivity (Wildman–Crippen MR) is 25.3 cm³/mol. The number of alkyl halides is 1. The Balaban J connectivity index is 2.41. The van der Waals surface area contributed by atoms with Crippen molar-refractivity contribution in [3.63, 3.8) is 0 Å². The van der Waals surface area contributed by atoms with Crippen LogP contribution in [0.1, 0.15) is 6.42 Å². The molecule has 0 amide bonds. The smallest absolute Gasteiger partial charge is 0.151 e. The second-order valence-electron chi connectivity index (χ2n) is 1.78. The number of carbonyl (C=O) groups excluding carboxylic acids is 1. The van der Waals surface area contributed by atoms with Crippen LogP contribution in [0.5, 0.6) is 0 Å². The number of halogens is 1. The zero-order valence-corrected chi connectivity index (χ0v) is 4.34. The van der Waals surface area contributed by atoms with Gasteiger partial charge in [-0.2, -0.15) is 0 Å². The van der Waals surface area contributed by atoms with Crippen molar-refractivity contribution in [2.45, 2.75) is 18.7 Å². The molecule has 1 saturated heterocycles. The SMILES string of the molecule is O=CC1OCCC1F. The van der Waals surface area contributed by atoms with Crippen molar-refractivity contribution in [2.75, 3.05) is 6.61 Å². The minimum Gasteiger partial charge on any atom is -0.368 e. The number of hydrogen-bond donors (Lipinski definition) is 0. The first-order valence-corrected chi connectivity index (χ1v) is 2.55. The molecule has 2 atom stereocenters. The molecule has 0 aromatic carbocycles. The lowest BCUT2D eigenvalue weighted by atomic mass is 10.2. The highest BCUT2D eigenvalue weighted by molar-refractivity contribution is 5.57. The molecule has 0 bridgehead atoms. The summed E-state index contributed by atoms with van der Waals surface area (Å²) in [6.45, 7) is 0.380. The van der Waals surface area contributed by atoms with Crippen LogP contribution >= 0.6 is 0 Å². The van der Waals surface area contributed by atoms with E-state index in [1.165, 1.54) is 0 Å². The maximum atomic E-state index is 12.2. The lowest BCUT2D eigenvalue weighted by molar-refractivity contribution is -0.117. The first kappa shape index (κ1) is 5.69. The van der Waals surface area contributed by atoms with E-state index in [1.54, 1.807) is 0 Å². The average molecular weight is 118 g/mol. The fourth-order valence-corrected chi connectivity index (χ4v) is 0.710. The van der Waals surface area contributed by atoms with E-state index in [0.717, 1.165) is 0 Å². The molecule has 2 nitrogen and oxygen atoms in total. The summed E-state index contributed by atoms with van der Waals surface area (Å²) in [4.78, 5) is 9.85. The Morgan fingerprint density at radius 3 is 2.75 bits per heavy atom. The summed E-state index contributed by atoms with van der Waals surface area (Å²) in [6.07, 6.45) is -0.969. The molecule has 1 aliphatic heterocycles. The molecule has 0 spiro atoms. The molecule has 1 aliphatic rings. The molecule has 2 unspecified atom stereocenters. The quantitative estimate of drug-likeness (QED) is 0.463. The zero-order valence-electron chi connectivity index (χ0n) is 4.34. The Morgan fingerprint density at radius 1 is 1.75 bits per heavy atom. The maximum Gasteiger partial charge on any atom is 0.151 e. The van der Waals surface area contributed by atoms with Gasteiger partial charge >= 0.3 is 0 Å². The normalized spacial score (nSPS) is 37.6. The van der Waals surface area contributed by atoms with E-state index in [0.29, 0.717) is 19.3 Å². The van der Waals surface area contributed by atoms with Crippen molar-refractivity contribution in [1.29, 1.82) is 0 Å². The first-order chi connectivity index (χ1) is 3.84. The van der Waals surface area contributed by atoms with Gasteiger partial charge in [0, 0.05) is 6.42 Å². The third-order valence-corrected chi connectivity index (χ3v) is 1.19. The van der Waals surface area contributed by atoms with Crippen molar-refractivity contribution < 1.29 is 13.9 Å². The fourth-order valence-electron chi connectivity index (χ4n) is 0.710. The van der Waals surface area contributed by atoms with Gasteiger partial charge < -0.3 is 9.53 Å². The van der Waals surface area contributed by atoms with Gasteiger partial charge in [0.1, 0.15) is 12.3 Å². The third-order valence-electron chi connectivity index (χ3n) is 1.19. The van der Waals surface area contributed by atoms with Crippen LogP contribution in [0.15, 0.2) is 0 Å². The number of carbonyl (C=O) groups is 1. The van der Waals surface area contributed by atoms with Crippen molar-refractivity contribution in [1.82, 2.24) is 0 Å². The van der Waals surface area contributed by atoms with E-state index < -0.39 is 12.3 Å². The molecule has 0 saturated carbocycles. The van der Waals surface area contributed by atoms with Crippen LogP contribution in [-0.4, -0.2) is 25.2 Å². The van der Waals surface area contributed by atoms with E-state index in [-0.39, 0.29) is 0 Å². The number of rotatable bonds is 1. The predicted octanol–water partition coefficient (Wildman–Crippen LogP) is 0.312. The molecule has 0 aliphatic carbocycles. The number of hydrogen-bond acceptors (Lipinski definition) is 2. The average Bonchev–Trinajstić information content (AvgIpc) is 2.14. The van der Waals surface area contributed by atoms with Crippen LogP contribution in [0.4, 0.5) is 4.39 Å². The highest BCUT2D eigenvalue weighted by Gasteiger charge is 2.26. The van der Waals surface area contributed by atoms with Crippen LogP contribution in [0.25, 0.3) is 0 Å². The van der Waals surface area contributed by atoms with Gasteiger partial charge in [-0.25, -0.2) is 4.39 Å². The summed E-state index contributed by atoms with van der Waals surface area (Å²) in [7, 11) is 0. The Morgan fingerprint density at radius 2 is 2.50 bits per heavy atom. The number of ether oxygens (including phenoxy) is 1. The zero-order chi connectivity index (χ0) is 5.98. The molecule has 0 aromatic heterocycles. The maximum absolute atomic E-state index is 12.2. The van der Waals surface area contributed by atoms with Gasteiger partial charge in [-0.3, -0.25) is 0 Å². The lowest BCUT2D eigenvalue weighted by Crippen LogP contribution is -2.17. The first-order valence-electron chi connectivity index (χ1n) is 2.55. The summed E-state index contributed by atoms with van der Waals surface area (Å²) in [5, 5.41) is 0. The van der Waals surface area contributed by atoms with Crippen molar-refractivity contribution in [2.24, 2.45) is 0 Å². The Labute approximate surface area is 46.6 Å². The molecule has 0 aromatic rings. The minimum atomic E-state index is -1.06. The largest absolute Gasteiger partial charge is 0.368 e. The second kappa shape index (κ2) is 2.22. The van der Waals surface area contributed by atoms with Gasteiger partial charge in [-0.1, -0.05) is 0 Å². The van der Waals surface area contributed by atoms with Crippen LogP contribution < -0.4 is 0 Å². The Kier molecular flexibility index (Phi) is 1.58. The van der Waals surface area contributed by atoms with Crippen LogP contribution in [0.2, 0.25) is 0 Å². The van der Waals surface area contributed by atoms with Gasteiger partial charge in [0.05, 0.1) is 6.61 Å². The molecule has 3 heteroatoms. The van der Waals surface area contributed by atoms with Crippen molar-refractivity contribution >= 4 is 6.29 Å². The summed E-state index contributed by atoms with van der Waals surface area (Å²) in [6, 6.07) is 0. The standard InChI is InChI=1S/C5H7FO2/c6-4-1-2-8-5(4)3-7/h3-5H,1-2H2. The van der Waals surface area contributed by atoms with Gasteiger partial charge in [0.25, 0.3) is 0 Å². The van der Waals surface area contributed by atoms with Gasteiger partial charge in [-0.05, 0) is 0 Å².